The Kier molecular flexibility index (Phi) is 4.48. The lowest BCUT2D eigenvalue weighted by atomic mass is 10.1. The fourth-order valence-corrected chi connectivity index (χ4v) is 3.60. The van der Waals surface area contributed by atoms with Crippen LogP contribution < -0.4 is 9.46 Å². The average Bonchev–Trinajstić information content (AvgIpc) is 2.62. The van der Waals surface area contributed by atoms with E-state index in [2.05, 4.69) is 9.71 Å². The van der Waals surface area contributed by atoms with Crippen molar-refractivity contribution in [2.45, 2.75) is 4.90 Å². The van der Waals surface area contributed by atoms with Crippen LogP contribution in [0.4, 0.5) is 5.82 Å². The Morgan fingerprint density at radius 3 is 2.33 bits per heavy atom. The fraction of sp³-hybridized carbons (Fsp3) is 0.0556. The zero-order valence-electron chi connectivity index (χ0n) is 13.0. The lowest BCUT2D eigenvalue weighted by Crippen LogP contribution is -2.15. The molecular formula is C18H16N2O3S. The third-order valence-corrected chi connectivity index (χ3v) is 4.84. The number of hydrogen-bond donors (Lipinski definition) is 1. The van der Waals surface area contributed by atoms with E-state index in [0.29, 0.717) is 11.3 Å². The quantitative estimate of drug-likeness (QED) is 0.771. The molecule has 0 bridgehead atoms. The normalized spacial score (nSPS) is 11.0. The first kappa shape index (κ1) is 16.0. The minimum Gasteiger partial charge on any atom is -0.495 e. The van der Waals surface area contributed by atoms with Gasteiger partial charge >= 0.3 is 0 Å². The second-order valence-electron chi connectivity index (χ2n) is 5.02. The number of hydrogen-bond acceptors (Lipinski definition) is 4. The number of nitrogens with one attached hydrogen (secondary N) is 1. The second-order valence-corrected chi connectivity index (χ2v) is 6.67. The highest BCUT2D eigenvalue weighted by Gasteiger charge is 2.22. The molecule has 0 unspecified atom stereocenters. The molecule has 0 radical (unpaired) electrons. The van der Waals surface area contributed by atoms with Crippen molar-refractivity contribution in [1.29, 1.82) is 0 Å². The van der Waals surface area contributed by atoms with E-state index in [9.17, 15) is 8.42 Å². The molecule has 0 saturated carbocycles. The largest absolute Gasteiger partial charge is 0.495 e. The highest BCUT2D eigenvalue weighted by molar-refractivity contribution is 7.92. The number of sulfonamides is 1. The summed E-state index contributed by atoms with van der Waals surface area (Å²) in [4.78, 5) is 4.06. The first-order valence-corrected chi connectivity index (χ1v) is 8.76. The molecular weight excluding hydrogens is 324 g/mol. The van der Waals surface area contributed by atoms with Crippen LogP contribution in [0.2, 0.25) is 0 Å². The molecule has 1 heterocycles. The Bertz CT molecular complexity index is 927. The predicted octanol–water partition coefficient (Wildman–Crippen LogP) is 3.56. The van der Waals surface area contributed by atoms with E-state index < -0.39 is 10.0 Å². The van der Waals surface area contributed by atoms with Gasteiger partial charge < -0.3 is 4.74 Å². The van der Waals surface area contributed by atoms with Crippen molar-refractivity contribution in [2.24, 2.45) is 0 Å². The van der Waals surface area contributed by atoms with Crippen LogP contribution in [0.5, 0.6) is 5.75 Å². The molecule has 0 saturated heterocycles. The van der Waals surface area contributed by atoms with Crippen molar-refractivity contribution in [3.63, 3.8) is 0 Å². The number of ether oxygens (including phenoxy) is 1. The molecule has 0 aliphatic rings. The van der Waals surface area contributed by atoms with Crippen LogP contribution in [0, 0.1) is 0 Å². The minimum atomic E-state index is -3.82. The second kappa shape index (κ2) is 6.72. The maximum Gasteiger partial charge on any atom is 0.266 e. The molecule has 3 rings (SSSR count). The molecule has 3 aromatic rings. The summed E-state index contributed by atoms with van der Waals surface area (Å²) in [5.41, 5.74) is 1.59. The molecule has 0 amide bonds. The van der Waals surface area contributed by atoms with Gasteiger partial charge in [-0.25, -0.2) is 13.4 Å². The van der Waals surface area contributed by atoms with Gasteiger partial charge in [-0.2, -0.15) is 0 Å². The van der Waals surface area contributed by atoms with E-state index in [1.807, 2.05) is 36.4 Å². The number of benzene rings is 2. The van der Waals surface area contributed by atoms with Crippen LogP contribution in [-0.2, 0) is 10.0 Å². The van der Waals surface area contributed by atoms with E-state index in [1.165, 1.54) is 19.4 Å². The Morgan fingerprint density at radius 2 is 1.67 bits per heavy atom. The summed E-state index contributed by atoms with van der Waals surface area (Å²) < 4.78 is 33.4. The fourth-order valence-electron chi connectivity index (χ4n) is 2.40. The Balaban J connectivity index is 2.08. The predicted molar refractivity (Wildman–Crippen MR) is 93.5 cm³/mol. The smallest absolute Gasteiger partial charge is 0.266 e. The van der Waals surface area contributed by atoms with E-state index in [-0.39, 0.29) is 10.7 Å². The van der Waals surface area contributed by atoms with E-state index in [0.717, 1.165) is 5.56 Å². The van der Waals surface area contributed by atoms with E-state index in [1.54, 1.807) is 24.3 Å². The highest BCUT2D eigenvalue weighted by Crippen LogP contribution is 2.36. The van der Waals surface area contributed by atoms with E-state index >= 15 is 0 Å². The van der Waals surface area contributed by atoms with Crippen molar-refractivity contribution in [2.75, 3.05) is 11.8 Å². The minimum absolute atomic E-state index is 0.0667. The summed E-state index contributed by atoms with van der Waals surface area (Å²) in [6, 6.07) is 19.5. The number of anilines is 1. The third kappa shape index (κ3) is 3.23. The van der Waals surface area contributed by atoms with Crippen molar-refractivity contribution >= 4 is 15.8 Å². The molecule has 122 valence electrons. The van der Waals surface area contributed by atoms with Gasteiger partial charge in [0.1, 0.15) is 16.5 Å². The van der Waals surface area contributed by atoms with Gasteiger partial charge in [0.25, 0.3) is 10.0 Å². The zero-order chi connectivity index (χ0) is 17.0. The number of rotatable bonds is 5. The lowest BCUT2D eigenvalue weighted by molar-refractivity contribution is 0.404. The van der Waals surface area contributed by atoms with Crippen molar-refractivity contribution in [3.05, 3.63) is 72.9 Å². The summed E-state index contributed by atoms with van der Waals surface area (Å²) in [5.74, 6) is 0.553. The van der Waals surface area contributed by atoms with Crippen LogP contribution in [0.3, 0.4) is 0 Å². The maximum atomic E-state index is 12.7. The summed E-state index contributed by atoms with van der Waals surface area (Å²) in [7, 11) is -2.36. The van der Waals surface area contributed by atoms with Crippen LogP contribution in [-0.4, -0.2) is 20.5 Å². The molecule has 6 heteroatoms. The number of methoxy groups -OCH3 is 1. The molecule has 0 aliphatic carbocycles. The molecule has 0 fully saturated rings. The number of aromatic nitrogens is 1. The Labute approximate surface area is 141 Å². The topological polar surface area (TPSA) is 68.3 Å². The molecule has 2 aromatic carbocycles. The monoisotopic (exact) mass is 340 g/mol. The number of para-hydroxylation sites is 1. The molecule has 24 heavy (non-hydrogen) atoms. The van der Waals surface area contributed by atoms with Crippen molar-refractivity contribution in [3.8, 4) is 16.9 Å². The van der Waals surface area contributed by atoms with Gasteiger partial charge in [0.15, 0.2) is 0 Å². The Morgan fingerprint density at radius 1 is 0.917 bits per heavy atom. The van der Waals surface area contributed by atoms with Crippen molar-refractivity contribution < 1.29 is 13.2 Å². The van der Waals surface area contributed by atoms with Gasteiger partial charge in [-0.15, -0.1) is 0 Å². The van der Waals surface area contributed by atoms with Gasteiger partial charge in [0.05, 0.1) is 7.11 Å². The first-order chi connectivity index (χ1) is 11.6. The molecule has 0 atom stereocenters. The van der Waals surface area contributed by atoms with Gasteiger partial charge in [0.2, 0.25) is 0 Å². The SMILES string of the molecule is COc1c(-c2ccccc2)cccc1S(=O)(=O)Nc1ccccn1. The molecule has 0 spiro atoms. The molecule has 0 aliphatic heterocycles. The van der Waals surface area contributed by atoms with Crippen LogP contribution in [0.1, 0.15) is 0 Å². The lowest BCUT2D eigenvalue weighted by Gasteiger charge is -2.14. The maximum absolute atomic E-state index is 12.7. The van der Waals surface area contributed by atoms with E-state index in [4.69, 9.17) is 4.74 Å². The number of nitrogens with zero attached hydrogens (tertiary/aromatic N) is 1. The van der Waals surface area contributed by atoms with Crippen LogP contribution in [0.25, 0.3) is 11.1 Å². The molecule has 1 N–H and O–H groups in total. The molecule has 1 aromatic heterocycles. The number of pyridine rings is 1. The standard InChI is InChI=1S/C18H16N2O3S/c1-23-18-15(14-8-3-2-4-9-14)10-7-11-16(18)24(21,22)20-17-12-5-6-13-19-17/h2-13H,1H3,(H,19,20). The zero-order valence-corrected chi connectivity index (χ0v) is 13.8. The summed E-state index contributed by atoms with van der Waals surface area (Å²) in [6.45, 7) is 0. The van der Waals surface area contributed by atoms with Gasteiger partial charge in [0, 0.05) is 11.8 Å². The highest BCUT2D eigenvalue weighted by atomic mass is 32.2. The summed E-state index contributed by atoms with van der Waals surface area (Å²) in [5, 5.41) is 0. The van der Waals surface area contributed by atoms with Gasteiger partial charge in [-0.05, 0) is 23.8 Å². The summed E-state index contributed by atoms with van der Waals surface area (Å²) in [6.07, 6.45) is 1.52. The Hall–Kier alpha value is -2.86. The van der Waals surface area contributed by atoms with Crippen molar-refractivity contribution in [1.82, 2.24) is 4.98 Å². The first-order valence-electron chi connectivity index (χ1n) is 7.28. The van der Waals surface area contributed by atoms with Crippen LogP contribution in [0.15, 0.2) is 77.8 Å². The third-order valence-electron chi connectivity index (χ3n) is 3.46. The van der Waals surface area contributed by atoms with Gasteiger partial charge in [-0.1, -0.05) is 48.5 Å². The summed E-state index contributed by atoms with van der Waals surface area (Å²) >= 11 is 0. The van der Waals surface area contributed by atoms with Gasteiger partial charge in [-0.3, -0.25) is 4.72 Å². The van der Waals surface area contributed by atoms with Crippen LogP contribution >= 0.6 is 0 Å². The molecule has 5 nitrogen and oxygen atoms in total. The average molecular weight is 340 g/mol.